The van der Waals surface area contributed by atoms with Gasteiger partial charge < -0.3 is 15.8 Å². The summed E-state index contributed by atoms with van der Waals surface area (Å²) in [5.74, 6) is 0.198. The van der Waals surface area contributed by atoms with Crippen molar-refractivity contribution in [3.8, 4) is 0 Å². The zero-order valence-electron chi connectivity index (χ0n) is 13.8. The largest absolute Gasteiger partial charge is 0.381 e. The molecule has 2 atom stereocenters. The lowest BCUT2D eigenvalue weighted by Crippen LogP contribution is -2.64. The Hall–Kier alpha value is -0.320. The van der Waals surface area contributed by atoms with Gasteiger partial charge in [-0.25, -0.2) is 0 Å². The molecule has 0 aromatic carbocycles. The van der Waals surface area contributed by atoms with Crippen LogP contribution in [0.15, 0.2) is 0 Å². The molecule has 1 rings (SSSR count). The smallest absolute Gasteiger partial charge is 0.220 e. The van der Waals surface area contributed by atoms with Crippen LogP contribution in [0.2, 0.25) is 0 Å². The van der Waals surface area contributed by atoms with Gasteiger partial charge in [0.1, 0.15) is 0 Å². The SMILES string of the molecule is CCC1(CC)C(NC(=O)CCCCCCN)CC1OC.Cl. The van der Waals surface area contributed by atoms with E-state index in [0.29, 0.717) is 18.6 Å². The molecular weight excluding hydrogens is 288 g/mol. The van der Waals surface area contributed by atoms with Gasteiger partial charge in [0.05, 0.1) is 6.10 Å². The first-order valence-corrected chi connectivity index (χ1v) is 8.16. The minimum absolute atomic E-state index is 0. The summed E-state index contributed by atoms with van der Waals surface area (Å²) in [5.41, 5.74) is 5.60. The second-order valence-electron chi connectivity index (χ2n) is 5.97. The lowest BCUT2D eigenvalue weighted by Gasteiger charge is -2.55. The number of ether oxygens (including phenoxy) is 1. The molecule has 4 nitrogen and oxygen atoms in total. The fourth-order valence-corrected chi connectivity index (χ4v) is 3.53. The molecule has 0 heterocycles. The van der Waals surface area contributed by atoms with Crippen LogP contribution in [0.25, 0.3) is 0 Å². The van der Waals surface area contributed by atoms with E-state index in [-0.39, 0.29) is 23.7 Å². The maximum Gasteiger partial charge on any atom is 0.220 e. The molecule has 126 valence electrons. The molecule has 0 aliphatic heterocycles. The highest BCUT2D eigenvalue weighted by Crippen LogP contribution is 2.48. The number of hydrogen-bond acceptors (Lipinski definition) is 3. The first-order chi connectivity index (χ1) is 9.64. The monoisotopic (exact) mass is 320 g/mol. The average molecular weight is 321 g/mol. The molecule has 1 fully saturated rings. The van der Waals surface area contributed by atoms with Crippen molar-refractivity contribution in [2.75, 3.05) is 13.7 Å². The second kappa shape index (κ2) is 10.4. The van der Waals surface area contributed by atoms with Crippen LogP contribution in [0, 0.1) is 5.41 Å². The first kappa shape index (κ1) is 20.7. The Morgan fingerprint density at radius 3 is 2.38 bits per heavy atom. The van der Waals surface area contributed by atoms with E-state index in [2.05, 4.69) is 19.2 Å². The standard InChI is InChI=1S/C16H32N2O2.ClH/c1-4-16(5-2)13(12-14(16)20-3)18-15(19)10-8-6-7-9-11-17;/h13-14H,4-12,17H2,1-3H3,(H,18,19);1H. The minimum Gasteiger partial charge on any atom is -0.381 e. The summed E-state index contributed by atoms with van der Waals surface area (Å²) >= 11 is 0. The number of amides is 1. The van der Waals surface area contributed by atoms with Crippen molar-refractivity contribution in [1.82, 2.24) is 5.32 Å². The molecule has 0 aromatic heterocycles. The molecule has 0 aromatic rings. The Balaban J connectivity index is 0.00000400. The van der Waals surface area contributed by atoms with Crippen molar-refractivity contribution in [2.24, 2.45) is 11.1 Å². The fraction of sp³-hybridized carbons (Fsp3) is 0.938. The van der Waals surface area contributed by atoms with Crippen molar-refractivity contribution in [3.05, 3.63) is 0 Å². The molecule has 0 saturated heterocycles. The molecule has 0 bridgehead atoms. The number of carbonyl (C=O) groups is 1. The summed E-state index contributed by atoms with van der Waals surface area (Å²) in [6, 6.07) is 0.291. The Morgan fingerprint density at radius 2 is 1.86 bits per heavy atom. The topological polar surface area (TPSA) is 64.4 Å². The minimum atomic E-state index is 0. The highest BCUT2D eigenvalue weighted by molar-refractivity contribution is 5.85. The van der Waals surface area contributed by atoms with Crippen LogP contribution in [0.3, 0.4) is 0 Å². The normalized spacial score (nSPS) is 23.0. The summed E-state index contributed by atoms with van der Waals surface area (Å²) in [6.45, 7) is 5.14. The van der Waals surface area contributed by atoms with Crippen molar-refractivity contribution < 1.29 is 9.53 Å². The van der Waals surface area contributed by atoms with Crippen molar-refractivity contribution in [1.29, 1.82) is 0 Å². The van der Waals surface area contributed by atoms with Crippen molar-refractivity contribution in [3.63, 3.8) is 0 Å². The molecule has 0 radical (unpaired) electrons. The van der Waals surface area contributed by atoms with Crippen LogP contribution >= 0.6 is 12.4 Å². The van der Waals surface area contributed by atoms with E-state index in [0.717, 1.165) is 51.5 Å². The predicted molar refractivity (Wildman–Crippen MR) is 89.7 cm³/mol. The number of methoxy groups -OCH3 is 1. The summed E-state index contributed by atoms with van der Waals surface area (Å²) in [4.78, 5) is 12.0. The Morgan fingerprint density at radius 1 is 1.24 bits per heavy atom. The Bertz CT molecular complexity index is 296. The molecular formula is C16H33ClN2O2. The van der Waals surface area contributed by atoms with E-state index in [1.165, 1.54) is 0 Å². The number of nitrogens with two attached hydrogens (primary N) is 1. The quantitative estimate of drug-likeness (QED) is 0.608. The van der Waals surface area contributed by atoms with Gasteiger partial charge in [-0.2, -0.15) is 0 Å². The van der Waals surface area contributed by atoms with Gasteiger partial charge in [0.2, 0.25) is 5.91 Å². The summed E-state index contributed by atoms with van der Waals surface area (Å²) in [6.07, 6.45) is 8.28. The Labute approximate surface area is 136 Å². The molecule has 1 aliphatic carbocycles. The third-order valence-electron chi connectivity index (χ3n) is 5.08. The van der Waals surface area contributed by atoms with Crippen LogP contribution in [0.5, 0.6) is 0 Å². The van der Waals surface area contributed by atoms with Gasteiger partial charge in [-0.15, -0.1) is 12.4 Å². The maximum absolute atomic E-state index is 12.0. The molecule has 0 spiro atoms. The van der Waals surface area contributed by atoms with E-state index in [1.807, 2.05) is 0 Å². The van der Waals surface area contributed by atoms with E-state index >= 15 is 0 Å². The number of rotatable bonds is 10. The average Bonchev–Trinajstić information content (AvgIpc) is 2.44. The second-order valence-corrected chi connectivity index (χ2v) is 5.97. The van der Waals surface area contributed by atoms with Gasteiger partial charge in [0.25, 0.3) is 0 Å². The molecule has 5 heteroatoms. The van der Waals surface area contributed by atoms with Gasteiger partial charge in [-0.05, 0) is 38.6 Å². The number of carbonyl (C=O) groups excluding carboxylic acids is 1. The number of hydrogen-bond donors (Lipinski definition) is 2. The lowest BCUT2D eigenvalue weighted by molar-refractivity contribution is -0.141. The molecule has 2 unspecified atom stereocenters. The van der Waals surface area contributed by atoms with Gasteiger partial charge in [0, 0.05) is 25.0 Å². The van der Waals surface area contributed by atoms with Crippen LogP contribution < -0.4 is 11.1 Å². The Kier molecular flexibility index (Phi) is 10.3. The molecule has 21 heavy (non-hydrogen) atoms. The third kappa shape index (κ3) is 5.11. The summed E-state index contributed by atoms with van der Waals surface area (Å²) in [5, 5.41) is 3.22. The van der Waals surface area contributed by atoms with E-state index in [1.54, 1.807) is 7.11 Å². The number of nitrogens with one attached hydrogen (secondary N) is 1. The van der Waals surface area contributed by atoms with Crippen LogP contribution in [0.4, 0.5) is 0 Å². The van der Waals surface area contributed by atoms with Crippen molar-refractivity contribution in [2.45, 2.75) is 77.4 Å². The molecule has 1 amide bonds. The van der Waals surface area contributed by atoms with Crippen LogP contribution in [-0.2, 0) is 9.53 Å². The maximum atomic E-state index is 12.0. The highest BCUT2D eigenvalue weighted by atomic mass is 35.5. The first-order valence-electron chi connectivity index (χ1n) is 8.16. The number of halogens is 1. The van der Waals surface area contributed by atoms with Gasteiger partial charge in [-0.1, -0.05) is 26.7 Å². The predicted octanol–water partition coefficient (Wildman–Crippen LogP) is 3.03. The molecule has 1 aliphatic rings. The fourth-order valence-electron chi connectivity index (χ4n) is 3.53. The lowest BCUT2D eigenvalue weighted by atomic mass is 9.58. The van der Waals surface area contributed by atoms with Crippen LogP contribution in [-0.4, -0.2) is 31.7 Å². The summed E-state index contributed by atoms with van der Waals surface area (Å²) in [7, 11) is 1.78. The zero-order chi connectivity index (χ0) is 15.0. The van der Waals surface area contributed by atoms with Gasteiger partial charge in [-0.3, -0.25) is 4.79 Å². The zero-order valence-corrected chi connectivity index (χ0v) is 14.6. The van der Waals surface area contributed by atoms with E-state index < -0.39 is 0 Å². The van der Waals surface area contributed by atoms with Crippen LogP contribution in [0.1, 0.15) is 65.2 Å². The third-order valence-corrected chi connectivity index (χ3v) is 5.08. The summed E-state index contributed by atoms with van der Waals surface area (Å²) < 4.78 is 5.56. The van der Waals surface area contributed by atoms with Crippen molar-refractivity contribution >= 4 is 18.3 Å². The van der Waals surface area contributed by atoms with E-state index in [9.17, 15) is 4.79 Å². The van der Waals surface area contributed by atoms with Gasteiger partial charge >= 0.3 is 0 Å². The van der Waals surface area contributed by atoms with E-state index in [4.69, 9.17) is 10.5 Å². The number of unbranched alkanes of at least 4 members (excludes halogenated alkanes) is 3. The molecule has 1 saturated carbocycles. The highest BCUT2D eigenvalue weighted by Gasteiger charge is 2.53. The van der Waals surface area contributed by atoms with Gasteiger partial charge in [0.15, 0.2) is 0 Å². The molecule has 3 N–H and O–H groups in total.